The van der Waals surface area contributed by atoms with Gasteiger partial charge >= 0.3 is 5.97 Å². The molecule has 1 aliphatic rings. The molecule has 0 radical (unpaired) electrons. The third kappa shape index (κ3) is 5.17. The molecule has 3 rings (SSSR count). The Labute approximate surface area is 174 Å². The van der Waals surface area contributed by atoms with Gasteiger partial charge in [0.15, 0.2) is 6.10 Å². The molecule has 152 valence electrons. The first-order valence-electron chi connectivity index (χ1n) is 9.40. The van der Waals surface area contributed by atoms with Crippen molar-refractivity contribution in [3.05, 3.63) is 54.1 Å². The molecule has 2 atom stereocenters. The van der Waals surface area contributed by atoms with Gasteiger partial charge in [-0.3, -0.25) is 14.4 Å². The summed E-state index contributed by atoms with van der Waals surface area (Å²) in [5.74, 6) is -1.65. The number of ether oxygens (including phenoxy) is 1. The van der Waals surface area contributed by atoms with Crippen LogP contribution < -0.4 is 10.2 Å². The molecular formula is C22H24N2O4S. The quantitative estimate of drug-likeness (QED) is 0.579. The van der Waals surface area contributed by atoms with Crippen LogP contribution in [0.3, 0.4) is 0 Å². The molecule has 6 nitrogen and oxygen atoms in total. The maximum atomic E-state index is 12.5. The van der Waals surface area contributed by atoms with Gasteiger partial charge in [0.2, 0.25) is 5.91 Å². The van der Waals surface area contributed by atoms with Gasteiger partial charge in [0, 0.05) is 29.2 Å². The van der Waals surface area contributed by atoms with E-state index < -0.39 is 23.9 Å². The molecule has 1 fully saturated rings. The molecule has 1 heterocycles. The first kappa shape index (κ1) is 20.9. The van der Waals surface area contributed by atoms with E-state index in [1.807, 2.05) is 49.6 Å². The number of thioether (sulfide) groups is 1. The molecule has 0 spiro atoms. The summed E-state index contributed by atoms with van der Waals surface area (Å²) in [4.78, 5) is 39.9. The largest absolute Gasteiger partial charge is 0.452 e. The number of hydrogen-bond acceptors (Lipinski definition) is 5. The number of anilines is 2. The molecule has 1 N–H and O–H groups in total. The molecule has 2 aromatic carbocycles. The molecule has 0 aromatic heterocycles. The summed E-state index contributed by atoms with van der Waals surface area (Å²) >= 11 is 1.59. The van der Waals surface area contributed by atoms with Crippen molar-refractivity contribution in [3.63, 3.8) is 0 Å². The summed E-state index contributed by atoms with van der Waals surface area (Å²) in [6.07, 6.45) is 1.09. The maximum Gasteiger partial charge on any atom is 0.312 e. The van der Waals surface area contributed by atoms with Gasteiger partial charge in [0.05, 0.1) is 5.92 Å². The van der Waals surface area contributed by atoms with Gasteiger partial charge < -0.3 is 15.0 Å². The monoisotopic (exact) mass is 412 g/mol. The highest BCUT2D eigenvalue weighted by molar-refractivity contribution is 7.98. The highest BCUT2D eigenvalue weighted by Crippen LogP contribution is 2.29. The second kappa shape index (κ2) is 9.13. The number of carbonyl (C=O) groups is 3. The van der Waals surface area contributed by atoms with Crippen molar-refractivity contribution in [1.29, 1.82) is 0 Å². The van der Waals surface area contributed by atoms with E-state index in [1.165, 1.54) is 6.92 Å². The number of esters is 1. The highest BCUT2D eigenvalue weighted by Gasteiger charge is 2.37. The van der Waals surface area contributed by atoms with Crippen LogP contribution in [0.15, 0.2) is 53.4 Å². The fourth-order valence-electron chi connectivity index (χ4n) is 3.10. The van der Waals surface area contributed by atoms with Crippen LogP contribution in [0.5, 0.6) is 0 Å². The minimum atomic E-state index is -0.951. The van der Waals surface area contributed by atoms with E-state index in [0.29, 0.717) is 5.69 Å². The van der Waals surface area contributed by atoms with Gasteiger partial charge in [-0.2, -0.15) is 0 Å². The first-order chi connectivity index (χ1) is 13.9. The van der Waals surface area contributed by atoms with Gasteiger partial charge in [0.1, 0.15) is 0 Å². The maximum absolute atomic E-state index is 12.5. The van der Waals surface area contributed by atoms with Crippen LogP contribution >= 0.6 is 11.8 Å². The lowest BCUT2D eigenvalue weighted by Crippen LogP contribution is -2.33. The van der Waals surface area contributed by atoms with Crippen LogP contribution in [0.25, 0.3) is 0 Å². The Hall–Kier alpha value is -2.80. The van der Waals surface area contributed by atoms with Crippen LogP contribution in [0.2, 0.25) is 0 Å². The third-order valence-electron chi connectivity index (χ3n) is 4.80. The SMILES string of the molecule is CSc1cccc(N2C[C@@H](C(=O)O[C@@H](C)C(=O)Nc3ccc(C)cc3)CC2=O)c1. The summed E-state index contributed by atoms with van der Waals surface area (Å²) in [5, 5.41) is 2.73. The van der Waals surface area contributed by atoms with Gasteiger partial charge in [-0.1, -0.05) is 23.8 Å². The Morgan fingerprint density at radius 1 is 1.21 bits per heavy atom. The Morgan fingerprint density at radius 2 is 1.93 bits per heavy atom. The molecule has 7 heteroatoms. The molecule has 2 aromatic rings. The lowest BCUT2D eigenvalue weighted by Gasteiger charge is -2.18. The molecule has 0 aliphatic carbocycles. The van der Waals surface area contributed by atoms with E-state index in [1.54, 1.807) is 28.8 Å². The van der Waals surface area contributed by atoms with Gasteiger partial charge in [-0.05, 0) is 50.4 Å². The number of carbonyl (C=O) groups excluding carboxylic acids is 3. The van der Waals surface area contributed by atoms with Crippen molar-refractivity contribution >= 4 is 40.9 Å². The number of rotatable bonds is 6. The lowest BCUT2D eigenvalue weighted by molar-refractivity contribution is -0.157. The van der Waals surface area contributed by atoms with Crippen LogP contribution in [-0.2, 0) is 19.1 Å². The summed E-state index contributed by atoms with van der Waals surface area (Å²) < 4.78 is 5.34. The molecule has 0 saturated carbocycles. The lowest BCUT2D eigenvalue weighted by atomic mass is 10.1. The average molecular weight is 413 g/mol. The predicted octanol–water partition coefficient (Wildman–Crippen LogP) is 3.64. The molecule has 2 amide bonds. The average Bonchev–Trinajstić information content (AvgIpc) is 3.11. The topological polar surface area (TPSA) is 75.7 Å². The minimum absolute atomic E-state index is 0.0780. The Bertz CT molecular complexity index is 913. The predicted molar refractivity (Wildman–Crippen MR) is 114 cm³/mol. The van der Waals surface area contributed by atoms with Crippen molar-refractivity contribution in [1.82, 2.24) is 0 Å². The zero-order valence-electron chi connectivity index (χ0n) is 16.7. The number of aryl methyl sites for hydroxylation is 1. The van der Waals surface area contributed by atoms with E-state index in [0.717, 1.165) is 16.1 Å². The number of benzene rings is 2. The van der Waals surface area contributed by atoms with Crippen LogP contribution in [0.1, 0.15) is 18.9 Å². The molecular weight excluding hydrogens is 388 g/mol. The standard InChI is InChI=1S/C22H24N2O4S/c1-14-7-9-17(10-8-14)23-21(26)15(2)28-22(27)16-11-20(25)24(13-16)18-5-4-6-19(12-18)29-3/h4-10,12,15-16H,11,13H2,1-3H3,(H,23,26)/t15-,16-/m0/s1. The van der Waals surface area contributed by atoms with Gasteiger partial charge in [-0.25, -0.2) is 0 Å². The normalized spacial score (nSPS) is 17.1. The van der Waals surface area contributed by atoms with Crippen molar-refractivity contribution in [2.45, 2.75) is 31.3 Å². The Balaban J connectivity index is 1.58. The molecule has 0 unspecified atom stereocenters. The molecule has 0 bridgehead atoms. The zero-order chi connectivity index (χ0) is 21.0. The van der Waals surface area contributed by atoms with Crippen LogP contribution in [0, 0.1) is 12.8 Å². The Morgan fingerprint density at radius 3 is 2.62 bits per heavy atom. The number of hydrogen-bond donors (Lipinski definition) is 1. The zero-order valence-corrected chi connectivity index (χ0v) is 17.5. The van der Waals surface area contributed by atoms with E-state index in [4.69, 9.17) is 4.74 Å². The first-order valence-corrected chi connectivity index (χ1v) is 10.6. The van der Waals surface area contributed by atoms with E-state index >= 15 is 0 Å². The summed E-state index contributed by atoms with van der Waals surface area (Å²) in [6.45, 7) is 3.74. The number of nitrogens with zero attached hydrogens (tertiary/aromatic N) is 1. The molecule has 1 aliphatic heterocycles. The van der Waals surface area contributed by atoms with Crippen LogP contribution in [-0.4, -0.2) is 36.7 Å². The molecule has 1 saturated heterocycles. The molecule has 29 heavy (non-hydrogen) atoms. The number of nitrogens with one attached hydrogen (secondary N) is 1. The summed E-state index contributed by atoms with van der Waals surface area (Å²) in [5.41, 5.74) is 2.49. The van der Waals surface area contributed by atoms with Crippen molar-refractivity contribution in [2.24, 2.45) is 5.92 Å². The Kier molecular flexibility index (Phi) is 6.59. The van der Waals surface area contributed by atoms with E-state index in [9.17, 15) is 14.4 Å². The second-order valence-corrected chi connectivity index (χ2v) is 7.92. The summed E-state index contributed by atoms with van der Waals surface area (Å²) in [7, 11) is 0. The highest BCUT2D eigenvalue weighted by atomic mass is 32.2. The van der Waals surface area contributed by atoms with Gasteiger partial charge in [0.25, 0.3) is 5.91 Å². The van der Waals surface area contributed by atoms with E-state index in [-0.39, 0.29) is 18.9 Å². The fraction of sp³-hybridized carbons (Fsp3) is 0.318. The minimum Gasteiger partial charge on any atom is -0.452 e. The second-order valence-electron chi connectivity index (χ2n) is 7.04. The number of amides is 2. The van der Waals surface area contributed by atoms with E-state index in [2.05, 4.69) is 5.32 Å². The smallest absolute Gasteiger partial charge is 0.312 e. The third-order valence-corrected chi connectivity index (χ3v) is 5.53. The van der Waals surface area contributed by atoms with Crippen LogP contribution in [0.4, 0.5) is 11.4 Å². The van der Waals surface area contributed by atoms with Crippen molar-refractivity contribution in [2.75, 3.05) is 23.0 Å². The fourth-order valence-corrected chi connectivity index (χ4v) is 3.55. The summed E-state index contributed by atoms with van der Waals surface area (Å²) in [6, 6.07) is 15.0. The van der Waals surface area contributed by atoms with Crippen molar-refractivity contribution in [3.8, 4) is 0 Å². The van der Waals surface area contributed by atoms with Crippen molar-refractivity contribution < 1.29 is 19.1 Å². The van der Waals surface area contributed by atoms with Gasteiger partial charge in [-0.15, -0.1) is 11.8 Å².